The van der Waals surface area contributed by atoms with E-state index in [1.807, 2.05) is 18.4 Å². The van der Waals surface area contributed by atoms with Gasteiger partial charge in [0.25, 0.3) is 0 Å². The Labute approximate surface area is 170 Å². The van der Waals surface area contributed by atoms with Crippen molar-refractivity contribution in [2.24, 2.45) is 0 Å². The van der Waals surface area contributed by atoms with Gasteiger partial charge in [-0.2, -0.15) is 5.10 Å². The molecule has 3 aromatic heterocycles. The average Bonchev–Trinajstić information content (AvgIpc) is 3.02. The molecule has 24 heavy (non-hydrogen) atoms. The van der Waals surface area contributed by atoms with Gasteiger partial charge in [0.05, 0.1) is 16.3 Å². The summed E-state index contributed by atoms with van der Waals surface area (Å²) < 4.78 is 4.71. The first-order valence-electron chi connectivity index (χ1n) is 7.76. The number of rotatable bonds is 4. The van der Waals surface area contributed by atoms with Gasteiger partial charge in [0.1, 0.15) is 10.3 Å². The lowest BCUT2D eigenvalue weighted by atomic mass is 9.94. The van der Waals surface area contributed by atoms with Crippen molar-refractivity contribution >= 4 is 64.8 Å². The molecule has 0 amide bonds. The van der Waals surface area contributed by atoms with E-state index in [4.69, 9.17) is 10.1 Å². The molecule has 0 bridgehead atoms. The summed E-state index contributed by atoms with van der Waals surface area (Å²) in [5, 5.41) is 4.78. The monoisotopic (exact) mass is 534 g/mol. The van der Waals surface area contributed by atoms with Crippen LogP contribution in [0.3, 0.4) is 0 Å². The number of hydrogen-bond donors (Lipinski definition) is 0. The molecule has 8 heteroatoms. The summed E-state index contributed by atoms with van der Waals surface area (Å²) in [5.74, 6) is 0.454. The summed E-state index contributed by atoms with van der Waals surface area (Å²) in [6.07, 6.45) is 2.15. The van der Waals surface area contributed by atoms with Crippen molar-refractivity contribution in [1.82, 2.24) is 19.6 Å². The minimum Gasteiger partial charge on any atom is -0.231 e. The summed E-state index contributed by atoms with van der Waals surface area (Å²) >= 11 is 12.4. The molecule has 0 aromatic carbocycles. The Kier molecular flexibility index (Phi) is 5.49. The highest BCUT2D eigenvalue weighted by Crippen LogP contribution is 2.41. The minimum absolute atomic E-state index is 0.454. The molecule has 0 aliphatic heterocycles. The first-order valence-corrected chi connectivity index (χ1v) is 11.0. The Morgan fingerprint density at radius 2 is 1.71 bits per heavy atom. The van der Waals surface area contributed by atoms with Crippen LogP contribution in [0, 0.1) is 13.8 Å². The standard InChI is InChI=1S/C16H17Br3N4S/c1-5-9(6-2)10-11(17)7(3)22-23-12(8(4)20-15(10)23)13-14(18)21-16(19)24-13/h9H,5-6H2,1-4H3. The maximum absolute atomic E-state index is 4.87. The fourth-order valence-corrected chi connectivity index (χ4v) is 5.99. The molecule has 0 spiro atoms. The van der Waals surface area contributed by atoms with Crippen LogP contribution in [0.25, 0.3) is 16.2 Å². The zero-order valence-electron chi connectivity index (χ0n) is 13.8. The van der Waals surface area contributed by atoms with Gasteiger partial charge in [-0.25, -0.2) is 14.5 Å². The maximum Gasteiger partial charge on any atom is 0.161 e. The van der Waals surface area contributed by atoms with E-state index in [1.165, 1.54) is 5.56 Å². The number of halogens is 3. The lowest BCUT2D eigenvalue weighted by Gasteiger charge is -2.17. The third kappa shape index (κ3) is 2.99. The molecule has 0 unspecified atom stereocenters. The lowest BCUT2D eigenvalue weighted by Crippen LogP contribution is -2.07. The minimum atomic E-state index is 0.454. The topological polar surface area (TPSA) is 43.1 Å². The molecular weight excluding hydrogens is 520 g/mol. The molecule has 0 atom stereocenters. The second kappa shape index (κ2) is 7.13. The van der Waals surface area contributed by atoms with Gasteiger partial charge in [0.2, 0.25) is 0 Å². The number of aryl methyl sites for hydroxylation is 2. The van der Waals surface area contributed by atoms with Gasteiger partial charge in [-0.3, -0.25) is 0 Å². The van der Waals surface area contributed by atoms with Crippen LogP contribution in [0.1, 0.15) is 49.6 Å². The SMILES string of the molecule is CCC(CC)c1c(Br)c(C)nn2c(-c3sc(Br)nc3Br)c(C)nc12. The normalized spacial score (nSPS) is 11.8. The maximum atomic E-state index is 4.87. The van der Waals surface area contributed by atoms with Gasteiger partial charge >= 0.3 is 0 Å². The van der Waals surface area contributed by atoms with Crippen LogP contribution < -0.4 is 0 Å². The quantitative estimate of drug-likeness (QED) is 0.374. The molecule has 0 radical (unpaired) electrons. The Hall–Kier alpha value is -0.310. The van der Waals surface area contributed by atoms with Gasteiger partial charge < -0.3 is 0 Å². The summed E-state index contributed by atoms with van der Waals surface area (Å²) in [7, 11) is 0. The van der Waals surface area contributed by atoms with Gasteiger partial charge in [-0.1, -0.05) is 13.8 Å². The molecule has 3 rings (SSSR count). The predicted octanol–water partition coefficient (Wildman–Crippen LogP) is 6.66. The zero-order valence-corrected chi connectivity index (χ0v) is 19.4. The summed E-state index contributed by atoms with van der Waals surface area (Å²) in [6.45, 7) is 8.51. The van der Waals surface area contributed by atoms with Crippen LogP contribution in [-0.2, 0) is 0 Å². The number of thiazole rings is 1. The van der Waals surface area contributed by atoms with E-state index in [-0.39, 0.29) is 0 Å². The van der Waals surface area contributed by atoms with Gasteiger partial charge in [0.15, 0.2) is 9.56 Å². The highest BCUT2D eigenvalue weighted by Gasteiger charge is 2.25. The van der Waals surface area contributed by atoms with E-state index in [9.17, 15) is 0 Å². The Balaban J connectivity index is 2.39. The van der Waals surface area contributed by atoms with Crippen LogP contribution in [0.5, 0.6) is 0 Å². The van der Waals surface area contributed by atoms with Crippen LogP contribution >= 0.6 is 59.1 Å². The second-order valence-corrected chi connectivity index (χ2v) is 9.51. The molecule has 0 saturated heterocycles. The Bertz CT molecular complexity index is 912. The fraction of sp³-hybridized carbons (Fsp3) is 0.438. The average molecular weight is 537 g/mol. The van der Waals surface area contributed by atoms with Crippen molar-refractivity contribution in [1.29, 1.82) is 0 Å². The Morgan fingerprint density at radius 3 is 2.25 bits per heavy atom. The molecular formula is C16H17Br3N4S. The molecule has 3 heterocycles. The van der Waals surface area contributed by atoms with Crippen molar-refractivity contribution in [3.05, 3.63) is 29.9 Å². The molecule has 0 fully saturated rings. The molecule has 3 aromatic rings. The van der Waals surface area contributed by atoms with Gasteiger partial charge in [-0.05, 0) is 80.4 Å². The molecule has 0 N–H and O–H groups in total. The van der Waals surface area contributed by atoms with E-state index in [0.29, 0.717) is 5.92 Å². The van der Waals surface area contributed by atoms with Gasteiger partial charge in [0, 0.05) is 10.0 Å². The van der Waals surface area contributed by atoms with Crippen molar-refractivity contribution in [2.45, 2.75) is 46.5 Å². The number of nitrogens with zero attached hydrogens (tertiary/aromatic N) is 4. The molecule has 0 saturated carbocycles. The third-order valence-corrected chi connectivity index (χ3v) is 7.59. The predicted molar refractivity (Wildman–Crippen MR) is 110 cm³/mol. The zero-order chi connectivity index (χ0) is 17.6. The smallest absolute Gasteiger partial charge is 0.161 e. The van der Waals surface area contributed by atoms with Crippen molar-refractivity contribution in [3.63, 3.8) is 0 Å². The number of aromatic nitrogens is 4. The van der Waals surface area contributed by atoms with Crippen molar-refractivity contribution < 1.29 is 0 Å². The van der Waals surface area contributed by atoms with E-state index >= 15 is 0 Å². The van der Waals surface area contributed by atoms with E-state index in [0.717, 1.165) is 53.4 Å². The van der Waals surface area contributed by atoms with Crippen molar-refractivity contribution in [3.8, 4) is 10.6 Å². The van der Waals surface area contributed by atoms with Gasteiger partial charge in [-0.15, -0.1) is 11.3 Å². The van der Waals surface area contributed by atoms with Crippen LogP contribution in [-0.4, -0.2) is 19.6 Å². The number of fused-ring (bicyclic) bond motifs is 1. The first-order chi connectivity index (χ1) is 11.4. The van der Waals surface area contributed by atoms with E-state index < -0.39 is 0 Å². The summed E-state index contributed by atoms with van der Waals surface area (Å²) in [6, 6.07) is 0. The second-order valence-electron chi connectivity index (χ2n) is 5.69. The first kappa shape index (κ1) is 18.5. The largest absolute Gasteiger partial charge is 0.231 e. The molecule has 4 nitrogen and oxygen atoms in total. The highest BCUT2D eigenvalue weighted by atomic mass is 79.9. The van der Waals surface area contributed by atoms with E-state index in [1.54, 1.807) is 11.3 Å². The van der Waals surface area contributed by atoms with Crippen LogP contribution in [0.15, 0.2) is 13.0 Å². The number of hydrogen-bond acceptors (Lipinski definition) is 4. The molecule has 0 aliphatic carbocycles. The third-order valence-electron chi connectivity index (χ3n) is 4.24. The number of imidazole rings is 1. The summed E-state index contributed by atoms with van der Waals surface area (Å²) in [5.41, 5.74) is 5.13. The molecule has 0 aliphatic rings. The fourth-order valence-electron chi connectivity index (χ4n) is 3.02. The van der Waals surface area contributed by atoms with E-state index in [2.05, 4.69) is 66.6 Å². The van der Waals surface area contributed by atoms with Crippen LogP contribution in [0.2, 0.25) is 0 Å². The highest BCUT2D eigenvalue weighted by molar-refractivity contribution is 9.11. The van der Waals surface area contributed by atoms with Crippen LogP contribution in [0.4, 0.5) is 0 Å². The summed E-state index contributed by atoms with van der Waals surface area (Å²) in [4.78, 5) is 10.3. The van der Waals surface area contributed by atoms with Crippen molar-refractivity contribution in [2.75, 3.05) is 0 Å². The Morgan fingerprint density at radius 1 is 1.04 bits per heavy atom. The molecule has 128 valence electrons. The lowest BCUT2D eigenvalue weighted by molar-refractivity contribution is 0.635.